The van der Waals surface area contributed by atoms with Gasteiger partial charge >= 0.3 is 0 Å². The summed E-state index contributed by atoms with van der Waals surface area (Å²) < 4.78 is 56.6. The first kappa shape index (κ1) is 29.2. The Morgan fingerprint density at radius 3 is 1.82 bits per heavy atom. The van der Waals surface area contributed by atoms with E-state index in [2.05, 4.69) is 5.32 Å². The van der Waals surface area contributed by atoms with Crippen molar-refractivity contribution in [2.75, 3.05) is 26.2 Å². The fourth-order valence-electron chi connectivity index (χ4n) is 6.05. The van der Waals surface area contributed by atoms with Gasteiger partial charge in [-0.25, -0.2) is 17.6 Å². The first-order chi connectivity index (χ1) is 21.0. The van der Waals surface area contributed by atoms with E-state index in [0.717, 1.165) is 29.2 Å². The van der Waals surface area contributed by atoms with Crippen molar-refractivity contribution in [1.29, 1.82) is 0 Å². The third-order valence-electron chi connectivity index (χ3n) is 8.05. The van der Waals surface area contributed by atoms with Gasteiger partial charge in [0.2, 0.25) is 11.8 Å². The molecule has 1 N–H and O–H groups in total. The highest BCUT2D eigenvalue weighted by atomic mass is 19.1. The maximum atomic E-state index is 14.2. The zero-order valence-corrected chi connectivity index (χ0v) is 23.0. The Labute approximate surface area is 248 Å². The Kier molecular flexibility index (Phi) is 7.49. The van der Waals surface area contributed by atoms with Crippen molar-refractivity contribution in [1.82, 2.24) is 20.0 Å². The lowest BCUT2D eigenvalue weighted by Crippen LogP contribution is -2.54. The van der Waals surface area contributed by atoms with Crippen LogP contribution in [0.1, 0.15) is 61.1 Å². The van der Waals surface area contributed by atoms with E-state index in [0.29, 0.717) is 12.1 Å². The van der Waals surface area contributed by atoms with Crippen LogP contribution in [0.25, 0.3) is 0 Å². The van der Waals surface area contributed by atoms with Crippen LogP contribution < -0.4 is 5.32 Å². The average Bonchev–Trinajstić information content (AvgIpc) is 3.21. The molecule has 3 aliphatic rings. The maximum absolute atomic E-state index is 14.2. The van der Waals surface area contributed by atoms with Crippen molar-refractivity contribution < 1.29 is 41.5 Å². The molecule has 3 aromatic rings. The van der Waals surface area contributed by atoms with Crippen LogP contribution in [0.3, 0.4) is 0 Å². The second-order valence-electron chi connectivity index (χ2n) is 10.8. The lowest BCUT2D eigenvalue weighted by molar-refractivity contribution is -0.136. The minimum atomic E-state index is -1.14. The van der Waals surface area contributed by atoms with Crippen molar-refractivity contribution in [3.05, 3.63) is 106 Å². The summed E-state index contributed by atoms with van der Waals surface area (Å²) >= 11 is 0. The number of carbonyl (C=O) groups is 5. The number of nitrogens with zero attached hydrogens (tertiary/aromatic N) is 3. The normalized spacial score (nSPS) is 19.1. The number of nitrogens with one attached hydrogen (secondary N) is 1. The molecule has 6 rings (SSSR count). The summed E-state index contributed by atoms with van der Waals surface area (Å²) in [6.45, 7) is 0.630. The van der Waals surface area contributed by atoms with E-state index in [-0.39, 0.29) is 66.8 Å². The van der Waals surface area contributed by atoms with Crippen molar-refractivity contribution in [2.24, 2.45) is 0 Å². The van der Waals surface area contributed by atoms with Crippen LogP contribution >= 0.6 is 0 Å². The highest BCUT2D eigenvalue weighted by Crippen LogP contribution is 2.33. The third kappa shape index (κ3) is 5.34. The van der Waals surface area contributed by atoms with Gasteiger partial charge in [-0.3, -0.25) is 39.1 Å². The molecule has 3 aromatic carbocycles. The van der Waals surface area contributed by atoms with Crippen molar-refractivity contribution in [3.8, 4) is 0 Å². The van der Waals surface area contributed by atoms with Gasteiger partial charge in [-0.1, -0.05) is 0 Å². The number of piperazine rings is 1. The molecule has 2 fully saturated rings. The number of imide groups is 2. The third-order valence-corrected chi connectivity index (χ3v) is 8.05. The molecule has 13 heteroatoms. The van der Waals surface area contributed by atoms with E-state index in [1.807, 2.05) is 0 Å². The fraction of sp³-hybridized carbons (Fsp3) is 0.258. The topological polar surface area (TPSA) is 107 Å². The standard InChI is InChI=1S/C31H24F4N4O5/c32-19-9-17(10-20(33)14-19)27(18-11-21(34)15-22(35)12-18)37-5-7-38(8-6-37)29(42)16-1-2-23-24(13-16)31(44)39(30(23)43)25-3-4-26(40)36-28(25)41/h1-2,9-15,25,27H,3-8H2,(H,36,40,41). The number of rotatable bonds is 5. The molecule has 0 aliphatic carbocycles. The summed E-state index contributed by atoms with van der Waals surface area (Å²) in [7, 11) is 0. The molecule has 2 saturated heterocycles. The van der Waals surface area contributed by atoms with E-state index in [4.69, 9.17) is 0 Å². The van der Waals surface area contributed by atoms with Crippen molar-refractivity contribution in [3.63, 3.8) is 0 Å². The van der Waals surface area contributed by atoms with E-state index in [1.165, 1.54) is 23.1 Å². The molecule has 1 unspecified atom stereocenters. The van der Waals surface area contributed by atoms with Gasteiger partial charge < -0.3 is 4.90 Å². The number of hydrogen-bond donors (Lipinski definition) is 1. The van der Waals surface area contributed by atoms with Crippen LogP contribution in [0.5, 0.6) is 0 Å². The number of benzene rings is 3. The number of halogens is 4. The monoisotopic (exact) mass is 608 g/mol. The van der Waals surface area contributed by atoms with Gasteiger partial charge in [0, 0.05) is 50.3 Å². The van der Waals surface area contributed by atoms with Gasteiger partial charge in [0.15, 0.2) is 0 Å². The molecule has 5 amide bonds. The van der Waals surface area contributed by atoms with Gasteiger partial charge in [0.25, 0.3) is 17.7 Å². The summed E-state index contributed by atoms with van der Waals surface area (Å²) in [6, 6.07) is 7.75. The van der Waals surface area contributed by atoms with Crippen LogP contribution in [-0.4, -0.2) is 76.5 Å². The second kappa shape index (κ2) is 11.3. The molecule has 3 heterocycles. The van der Waals surface area contributed by atoms with Gasteiger partial charge in [-0.15, -0.1) is 0 Å². The number of amides is 5. The summed E-state index contributed by atoms with van der Waals surface area (Å²) in [4.78, 5) is 67.5. The zero-order chi connectivity index (χ0) is 31.3. The Hall–Kier alpha value is -4.91. The molecule has 9 nitrogen and oxygen atoms in total. The Morgan fingerprint density at radius 2 is 1.27 bits per heavy atom. The van der Waals surface area contributed by atoms with Gasteiger partial charge in [-0.2, -0.15) is 0 Å². The smallest absolute Gasteiger partial charge is 0.262 e. The van der Waals surface area contributed by atoms with Crippen LogP contribution in [0.2, 0.25) is 0 Å². The highest BCUT2D eigenvalue weighted by molar-refractivity contribution is 6.24. The summed E-state index contributed by atoms with van der Waals surface area (Å²) in [5.74, 6) is -6.52. The zero-order valence-electron chi connectivity index (χ0n) is 23.0. The first-order valence-corrected chi connectivity index (χ1v) is 13.8. The molecule has 0 radical (unpaired) electrons. The summed E-state index contributed by atoms with van der Waals surface area (Å²) in [5.41, 5.74) is 0.419. The van der Waals surface area contributed by atoms with Gasteiger partial charge in [0.1, 0.15) is 29.3 Å². The highest BCUT2D eigenvalue weighted by Gasteiger charge is 2.45. The minimum absolute atomic E-state index is 0.00226. The van der Waals surface area contributed by atoms with Crippen LogP contribution in [0.4, 0.5) is 17.6 Å². The molecule has 0 saturated carbocycles. The summed E-state index contributed by atoms with van der Waals surface area (Å²) in [6.07, 6.45) is -0.0274. The maximum Gasteiger partial charge on any atom is 0.262 e. The molecular formula is C31H24F4N4O5. The molecule has 1 atom stereocenters. The SMILES string of the molecule is O=C1CCC(N2C(=O)c3ccc(C(=O)N4CCN(C(c5cc(F)cc(F)c5)c5cc(F)cc(F)c5)CC4)cc3C2=O)C(=O)N1. The predicted molar refractivity (Wildman–Crippen MR) is 145 cm³/mol. The van der Waals surface area contributed by atoms with Crippen molar-refractivity contribution in [2.45, 2.75) is 24.9 Å². The molecular weight excluding hydrogens is 584 g/mol. The minimum Gasteiger partial charge on any atom is -0.336 e. The van der Waals surface area contributed by atoms with Gasteiger partial charge in [0.05, 0.1) is 17.2 Å². The van der Waals surface area contributed by atoms with Crippen molar-refractivity contribution >= 4 is 29.5 Å². The Bertz CT molecular complexity index is 1650. The van der Waals surface area contributed by atoms with Crippen LogP contribution in [0.15, 0.2) is 54.6 Å². The summed E-state index contributed by atoms with van der Waals surface area (Å²) in [5, 5.41) is 2.13. The molecule has 3 aliphatic heterocycles. The predicted octanol–water partition coefficient (Wildman–Crippen LogP) is 3.19. The average molecular weight is 609 g/mol. The Balaban J connectivity index is 1.20. The first-order valence-electron chi connectivity index (χ1n) is 13.8. The van der Waals surface area contributed by atoms with Crippen LogP contribution in [0, 0.1) is 23.3 Å². The number of carbonyl (C=O) groups excluding carboxylic acids is 5. The lowest BCUT2D eigenvalue weighted by Gasteiger charge is -2.40. The number of fused-ring (bicyclic) bond motifs is 1. The van der Waals surface area contributed by atoms with Crippen LogP contribution in [-0.2, 0) is 9.59 Å². The second-order valence-corrected chi connectivity index (χ2v) is 10.8. The molecule has 226 valence electrons. The van der Waals surface area contributed by atoms with E-state index in [1.54, 1.807) is 4.90 Å². The Morgan fingerprint density at radius 1 is 0.727 bits per heavy atom. The van der Waals surface area contributed by atoms with Gasteiger partial charge in [-0.05, 0) is 60.0 Å². The lowest BCUT2D eigenvalue weighted by atomic mass is 9.95. The largest absolute Gasteiger partial charge is 0.336 e. The number of hydrogen-bond acceptors (Lipinski definition) is 6. The van der Waals surface area contributed by atoms with E-state index >= 15 is 0 Å². The fourth-order valence-corrected chi connectivity index (χ4v) is 6.05. The molecule has 0 bridgehead atoms. The van der Waals surface area contributed by atoms with E-state index in [9.17, 15) is 41.5 Å². The quantitative estimate of drug-likeness (QED) is 0.353. The van der Waals surface area contributed by atoms with E-state index < -0.39 is 64.9 Å². The molecule has 44 heavy (non-hydrogen) atoms. The molecule has 0 aromatic heterocycles. The number of piperidine rings is 1. The molecule has 0 spiro atoms.